The number of carbonyl (C=O) groups is 1. The molecule has 156 valence electrons. The first-order valence-corrected chi connectivity index (χ1v) is 8.91. The Hall–Kier alpha value is -2.97. The molecular weight excluding hydrogens is 394 g/mol. The van der Waals surface area contributed by atoms with Gasteiger partial charge >= 0.3 is 6.61 Å². The highest BCUT2D eigenvalue weighted by atomic mass is 19.3. The van der Waals surface area contributed by atoms with Gasteiger partial charge in [0.2, 0.25) is 0 Å². The van der Waals surface area contributed by atoms with Crippen molar-refractivity contribution in [1.82, 2.24) is 4.90 Å². The fourth-order valence-corrected chi connectivity index (χ4v) is 3.10. The first-order chi connectivity index (χ1) is 13.9. The van der Waals surface area contributed by atoms with Crippen LogP contribution in [-0.4, -0.2) is 43.7 Å². The Bertz CT molecular complexity index is 870. The van der Waals surface area contributed by atoms with Crippen molar-refractivity contribution in [2.24, 2.45) is 0 Å². The van der Waals surface area contributed by atoms with Gasteiger partial charge in [-0.2, -0.15) is 8.78 Å². The molecule has 1 amide bonds. The maximum atomic E-state index is 13.7. The lowest BCUT2D eigenvalue weighted by atomic mass is 10.1. The van der Waals surface area contributed by atoms with E-state index in [0.717, 1.165) is 12.1 Å². The van der Waals surface area contributed by atoms with Crippen molar-refractivity contribution in [1.29, 1.82) is 0 Å². The van der Waals surface area contributed by atoms with Gasteiger partial charge in [0.25, 0.3) is 5.91 Å². The van der Waals surface area contributed by atoms with E-state index in [1.165, 1.54) is 31.4 Å². The van der Waals surface area contributed by atoms with Crippen LogP contribution in [0.1, 0.15) is 23.2 Å². The number of benzene rings is 2. The molecule has 2 aromatic carbocycles. The van der Waals surface area contributed by atoms with Crippen LogP contribution < -0.4 is 14.2 Å². The molecule has 29 heavy (non-hydrogen) atoms. The molecule has 0 unspecified atom stereocenters. The molecule has 0 atom stereocenters. The molecule has 1 saturated heterocycles. The number of hydrogen-bond acceptors (Lipinski definition) is 4. The SMILES string of the molecule is COc1cc(C(=O)N2CCC(Oc3ccc(F)cc3F)CC2)ccc1OC(F)F. The highest BCUT2D eigenvalue weighted by molar-refractivity contribution is 5.95. The molecule has 5 nitrogen and oxygen atoms in total. The van der Waals surface area contributed by atoms with Crippen LogP contribution in [0, 0.1) is 11.6 Å². The highest BCUT2D eigenvalue weighted by Crippen LogP contribution is 2.30. The number of alkyl halides is 2. The van der Waals surface area contributed by atoms with Crippen LogP contribution in [0.25, 0.3) is 0 Å². The number of ether oxygens (including phenoxy) is 3. The van der Waals surface area contributed by atoms with Crippen molar-refractivity contribution < 1.29 is 36.6 Å². The Balaban J connectivity index is 1.61. The van der Waals surface area contributed by atoms with Crippen molar-refractivity contribution in [2.75, 3.05) is 20.2 Å². The Morgan fingerprint density at radius 2 is 1.72 bits per heavy atom. The zero-order valence-electron chi connectivity index (χ0n) is 15.5. The number of rotatable bonds is 6. The number of hydrogen-bond donors (Lipinski definition) is 0. The molecule has 1 aliphatic rings. The van der Waals surface area contributed by atoms with E-state index < -0.39 is 18.2 Å². The molecular formula is C20H19F4NO4. The number of methoxy groups -OCH3 is 1. The molecule has 3 rings (SSSR count). The second kappa shape index (κ2) is 9.02. The summed E-state index contributed by atoms with van der Waals surface area (Å²) in [7, 11) is 1.29. The minimum absolute atomic E-state index is 0.0288. The lowest BCUT2D eigenvalue weighted by molar-refractivity contribution is -0.0512. The van der Waals surface area contributed by atoms with Crippen molar-refractivity contribution in [3.8, 4) is 17.2 Å². The third-order valence-electron chi connectivity index (χ3n) is 4.54. The summed E-state index contributed by atoms with van der Waals surface area (Å²) in [5, 5.41) is 0. The van der Waals surface area contributed by atoms with Crippen molar-refractivity contribution in [3.05, 3.63) is 53.6 Å². The lowest BCUT2D eigenvalue weighted by Crippen LogP contribution is -2.41. The van der Waals surface area contributed by atoms with Crippen molar-refractivity contribution >= 4 is 5.91 Å². The van der Waals surface area contributed by atoms with E-state index in [1.54, 1.807) is 4.90 Å². The molecule has 1 heterocycles. The quantitative estimate of drug-likeness (QED) is 0.664. The second-order valence-corrected chi connectivity index (χ2v) is 6.43. The Labute approximate surface area is 164 Å². The van der Waals surface area contributed by atoms with Gasteiger partial charge in [0.1, 0.15) is 11.9 Å². The summed E-state index contributed by atoms with van der Waals surface area (Å²) in [6.07, 6.45) is 0.619. The molecule has 0 radical (unpaired) electrons. The van der Waals surface area contributed by atoms with Crippen LogP contribution in [-0.2, 0) is 0 Å². The van der Waals surface area contributed by atoms with Gasteiger partial charge in [-0.1, -0.05) is 0 Å². The van der Waals surface area contributed by atoms with Crippen molar-refractivity contribution in [3.63, 3.8) is 0 Å². The Kier molecular flexibility index (Phi) is 6.46. The number of piperidine rings is 1. The van der Waals surface area contributed by atoms with Gasteiger partial charge in [0.05, 0.1) is 7.11 Å². The summed E-state index contributed by atoms with van der Waals surface area (Å²) in [6, 6.07) is 7.09. The van der Waals surface area contributed by atoms with Crippen molar-refractivity contribution in [2.45, 2.75) is 25.6 Å². The minimum Gasteiger partial charge on any atom is -0.493 e. The smallest absolute Gasteiger partial charge is 0.387 e. The summed E-state index contributed by atoms with van der Waals surface area (Å²) in [5.74, 6) is -1.92. The number of nitrogens with zero attached hydrogens (tertiary/aromatic N) is 1. The van der Waals surface area contributed by atoms with Gasteiger partial charge < -0.3 is 19.1 Å². The maximum Gasteiger partial charge on any atom is 0.387 e. The molecule has 0 N–H and O–H groups in total. The van der Waals surface area contributed by atoms with E-state index in [0.29, 0.717) is 25.9 Å². The topological polar surface area (TPSA) is 48.0 Å². The van der Waals surface area contributed by atoms with Gasteiger partial charge in [-0.25, -0.2) is 8.78 Å². The normalized spacial score (nSPS) is 14.8. The predicted molar refractivity (Wildman–Crippen MR) is 95.5 cm³/mol. The average Bonchev–Trinajstić information content (AvgIpc) is 2.70. The van der Waals surface area contributed by atoms with Gasteiger partial charge in [-0.15, -0.1) is 0 Å². The number of likely N-dealkylation sites (tertiary alicyclic amines) is 1. The van der Waals surface area contributed by atoms with Gasteiger partial charge in [0, 0.05) is 37.6 Å². The van der Waals surface area contributed by atoms with Crippen LogP contribution in [0.4, 0.5) is 17.6 Å². The maximum absolute atomic E-state index is 13.7. The summed E-state index contributed by atoms with van der Waals surface area (Å²) >= 11 is 0. The summed E-state index contributed by atoms with van der Waals surface area (Å²) in [6.45, 7) is -2.27. The molecule has 0 aromatic heterocycles. The van der Waals surface area contributed by atoms with Crippen LogP contribution in [0.3, 0.4) is 0 Å². The van der Waals surface area contributed by atoms with Gasteiger partial charge in [0.15, 0.2) is 23.1 Å². The zero-order valence-corrected chi connectivity index (χ0v) is 15.5. The fraction of sp³-hybridized carbons (Fsp3) is 0.350. The van der Waals surface area contributed by atoms with E-state index in [9.17, 15) is 22.4 Å². The molecule has 1 aliphatic heterocycles. The first kappa shape index (κ1) is 20.8. The third kappa shape index (κ3) is 5.10. The molecule has 0 bridgehead atoms. The van der Waals surface area contributed by atoms with Crippen LogP contribution in [0.15, 0.2) is 36.4 Å². The van der Waals surface area contributed by atoms with E-state index in [2.05, 4.69) is 4.74 Å². The Morgan fingerprint density at radius 1 is 1.03 bits per heavy atom. The molecule has 2 aromatic rings. The second-order valence-electron chi connectivity index (χ2n) is 6.43. The Morgan fingerprint density at radius 3 is 2.34 bits per heavy atom. The minimum atomic E-state index is -3.00. The number of halogens is 4. The molecule has 1 fully saturated rings. The van der Waals surface area contributed by atoms with E-state index >= 15 is 0 Å². The highest BCUT2D eigenvalue weighted by Gasteiger charge is 2.26. The van der Waals surface area contributed by atoms with Gasteiger partial charge in [-0.3, -0.25) is 4.79 Å². The van der Waals surface area contributed by atoms with E-state index in [4.69, 9.17) is 9.47 Å². The third-order valence-corrected chi connectivity index (χ3v) is 4.54. The number of carbonyl (C=O) groups excluding carboxylic acids is 1. The standard InChI is InChI=1S/C20H19F4NO4/c1-27-18-10-12(2-4-17(18)29-20(23)24)19(26)25-8-6-14(7-9-25)28-16-5-3-13(21)11-15(16)22/h2-5,10-11,14,20H,6-9H2,1H3. The predicted octanol–water partition coefficient (Wildman–Crippen LogP) is 4.26. The van der Waals surface area contributed by atoms with Crippen LogP contribution in [0.5, 0.6) is 17.2 Å². The molecule has 9 heteroatoms. The van der Waals surface area contributed by atoms with E-state index in [1.807, 2.05) is 0 Å². The zero-order chi connectivity index (χ0) is 21.0. The summed E-state index contributed by atoms with van der Waals surface area (Å²) < 4.78 is 66.5. The monoisotopic (exact) mass is 413 g/mol. The largest absolute Gasteiger partial charge is 0.493 e. The first-order valence-electron chi connectivity index (χ1n) is 8.91. The summed E-state index contributed by atoms with van der Waals surface area (Å²) in [4.78, 5) is 14.3. The van der Waals surface area contributed by atoms with Crippen LogP contribution in [0.2, 0.25) is 0 Å². The molecule has 0 spiro atoms. The summed E-state index contributed by atoms with van der Waals surface area (Å²) in [5.41, 5.74) is 0.271. The van der Waals surface area contributed by atoms with Gasteiger partial charge in [-0.05, 0) is 30.3 Å². The lowest BCUT2D eigenvalue weighted by Gasteiger charge is -2.32. The fourth-order valence-electron chi connectivity index (χ4n) is 3.10. The van der Waals surface area contributed by atoms with Crippen LogP contribution >= 0.6 is 0 Å². The molecule has 0 aliphatic carbocycles. The van der Waals surface area contributed by atoms with E-state index in [-0.39, 0.29) is 34.8 Å². The molecule has 0 saturated carbocycles. The average molecular weight is 413 g/mol. The number of amides is 1.